The normalized spacial score (nSPS) is 23.2. The zero-order valence-electron chi connectivity index (χ0n) is 11.1. The van der Waals surface area contributed by atoms with Crippen molar-refractivity contribution in [2.75, 3.05) is 26.2 Å². The lowest BCUT2D eigenvalue weighted by atomic mass is 10.1. The Labute approximate surface area is 113 Å². The zero-order chi connectivity index (χ0) is 13.0. The van der Waals surface area contributed by atoms with E-state index in [1.807, 2.05) is 12.3 Å². The predicted molar refractivity (Wildman–Crippen MR) is 73.0 cm³/mol. The lowest BCUT2D eigenvalue weighted by molar-refractivity contribution is -0.0877. The second-order valence-electron chi connectivity index (χ2n) is 4.86. The molecule has 1 N–H and O–H groups in total. The van der Waals surface area contributed by atoms with Gasteiger partial charge in [0, 0.05) is 30.6 Å². The van der Waals surface area contributed by atoms with E-state index in [0.29, 0.717) is 6.42 Å². The molecule has 1 fully saturated rings. The average molecular weight is 270 g/mol. The number of morpholine rings is 1. The lowest BCUT2D eigenvalue weighted by Crippen LogP contribution is -2.48. The van der Waals surface area contributed by atoms with Gasteiger partial charge in [0.05, 0.1) is 23.8 Å². The number of aliphatic hydroxyl groups excluding tert-OH is 1. The molecule has 2 heterocycles. The summed E-state index contributed by atoms with van der Waals surface area (Å²) >= 11 is 1.61. The minimum Gasteiger partial charge on any atom is -0.390 e. The molecule has 0 amide bonds. The molecule has 0 spiro atoms. The van der Waals surface area contributed by atoms with Crippen molar-refractivity contribution in [1.29, 1.82) is 0 Å². The number of aryl methyl sites for hydroxylation is 1. The maximum atomic E-state index is 10.2. The molecule has 1 aliphatic rings. The number of thiazole rings is 1. The molecule has 1 aliphatic heterocycles. The van der Waals surface area contributed by atoms with Gasteiger partial charge in [-0.15, -0.1) is 11.3 Å². The molecule has 2 atom stereocenters. The van der Waals surface area contributed by atoms with Gasteiger partial charge in [-0.1, -0.05) is 6.92 Å². The van der Waals surface area contributed by atoms with Crippen LogP contribution in [0.25, 0.3) is 0 Å². The van der Waals surface area contributed by atoms with Crippen LogP contribution in [0.4, 0.5) is 0 Å². The molecule has 18 heavy (non-hydrogen) atoms. The van der Waals surface area contributed by atoms with Gasteiger partial charge in [-0.3, -0.25) is 4.90 Å². The monoisotopic (exact) mass is 270 g/mol. The smallest absolute Gasteiger partial charge is 0.0965 e. The lowest BCUT2D eigenvalue weighted by Gasteiger charge is -2.34. The first-order valence-corrected chi connectivity index (χ1v) is 7.50. The Morgan fingerprint density at radius 2 is 2.50 bits per heavy atom. The number of aliphatic hydroxyl groups is 1. The molecule has 0 aromatic carbocycles. The average Bonchev–Trinajstić information content (AvgIpc) is 2.75. The van der Waals surface area contributed by atoms with Crippen LogP contribution in [0.15, 0.2) is 5.38 Å². The summed E-state index contributed by atoms with van der Waals surface area (Å²) in [5.41, 5.74) is 1.03. The molecule has 1 aromatic rings. The van der Waals surface area contributed by atoms with E-state index >= 15 is 0 Å². The summed E-state index contributed by atoms with van der Waals surface area (Å²) in [6.07, 6.45) is 1.22. The van der Waals surface area contributed by atoms with Crippen molar-refractivity contribution in [1.82, 2.24) is 9.88 Å². The van der Waals surface area contributed by atoms with Crippen molar-refractivity contribution in [3.8, 4) is 0 Å². The topological polar surface area (TPSA) is 45.6 Å². The van der Waals surface area contributed by atoms with Gasteiger partial charge in [0.15, 0.2) is 0 Å². The maximum absolute atomic E-state index is 10.2. The fourth-order valence-electron chi connectivity index (χ4n) is 2.29. The van der Waals surface area contributed by atoms with E-state index in [0.717, 1.165) is 43.4 Å². The van der Waals surface area contributed by atoms with Gasteiger partial charge in [0.1, 0.15) is 0 Å². The molecule has 0 saturated carbocycles. The quantitative estimate of drug-likeness (QED) is 0.880. The van der Waals surface area contributed by atoms with Gasteiger partial charge in [0.2, 0.25) is 0 Å². The van der Waals surface area contributed by atoms with Gasteiger partial charge in [-0.2, -0.15) is 0 Å². The standard InChI is InChI=1S/C13H22N2O2S/c1-3-4-15-5-6-17-12(8-15)11(16)7-13-14-10(2)9-18-13/h9,11-12,16H,3-8H2,1-2H3. The zero-order valence-corrected chi connectivity index (χ0v) is 11.9. The molecule has 4 nitrogen and oxygen atoms in total. The molecular weight excluding hydrogens is 248 g/mol. The first kappa shape index (κ1) is 13.9. The summed E-state index contributed by atoms with van der Waals surface area (Å²) in [6, 6.07) is 0. The largest absolute Gasteiger partial charge is 0.390 e. The van der Waals surface area contributed by atoms with Crippen LogP contribution in [0.5, 0.6) is 0 Å². The highest BCUT2D eigenvalue weighted by Crippen LogP contribution is 2.16. The van der Waals surface area contributed by atoms with E-state index < -0.39 is 6.10 Å². The van der Waals surface area contributed by atoms with Gasteiger partial charge in [-0.05, 0) is 19.9 Å². The van der Waals surface area contributed by atoms with Crippen LogP contribution in [-0.4, -0.2) is 53.4 Å². The third-order valence-electron chi connectivity index (χ3n) is 3.20. The molecule has 102 valence electrons. The summed E-state index contributed by atoms with van der Waals surface area (Å²) in [5, 5.41) is 13.3. The van der Waals surface area contributed by atoms with Crippen molar-refractivity contribution >= 4 is 11.3 Å². The Kier molecular flexibility index (Phi) is 5.12. The van der Waals surface area contributed by atoms with E-state index in [9.17, 15) is 5.11 Å². The Balaban J connectivity index is 1.86. The van der Waals surface area contributed by atoms with Crippen molar-refractivity contribution in [2.45, 2.75) is 38.9 Å². The molecule has 0 aliphatic carbocycles. The fraction of sp³-hybridized carbons (Fsp3) is 0.769. The summed E-state index contributed by atoms with van der Waals surface area (Å²) in [6.45, 7) is 7.78. The van der Waals surface area contributed by atoms with Crippen molar-refractivity contribution < 1.29 is 9.84 Å². The minimum absolute atomic E-state index is 0.0745. The third kappa shape index (κ3) is 3.75. The number of nitrogens with zero attached hydrogens (tertiary/aromatic N) is 2. The Morgan fingerprint density at radius 1 is 1.67 bits per heavy atom. The van der Waals surface area contributed by atoms with E-state index in [2.05, 4.69) is 16.8 Å². The maximum Gasteiger partial charge on any atom is 0.0965 e. The molecule has 5 heteroatoms. The van der Waals surface area contributed by atoms with E-state index in [1.165, 1.54) is 0 Å². The summed E-state index contributed by atoms with van der Waals surface area (Å²) in [5.74, 6) is 0. The van der Waals surface area contributed by atoms with E-state index in [-0.39, 0.29) is 6.10 Å². The van der Waals surface area contributed by atoms with Crippen LogP contribution in [-0.2, 0) is 11.2 Å². The van der Waals surface area contributed by atoms with E-state index in [4.69, 9.17) is 4.74 Å². The minimum atomic E-state index is -0.449. The van der Waals surface area contributed by atoms with Crippen LogP contribution >= 0.6 is 11.3 Å². The number of ether oxygens (including phenoxy) is 1. The van der Waals surface area contributed by atoms with Crippen LogP contribution in [0.1, 0.15) is 24.0 Å². The van der Waals surface area contributed by atoms with Gasteiger partial charge >= 0.3 is 0 Å². The van der Waals surface area contributed by atoms with Crippen LogP contribution in [0.2, 0.25) is 0 Å². The van der Waals surface area contributed by atoms with Crippen molar-refractivity contribution in [3.05, 3.63) is 16.1 Å². The van der Waals surface area contributed by atoms with Gasteiger partial charge in [0.25, 0.3) is 0 Å². The summed E-state index contributed by atoms with van der Waals surface area (Å²) in [4.78, 5) is 6.76. The molecule has 1 saturated heterocycles. The second kappa shape index (κ2) is 6.61. The predicted octanol–water partition coefficient (Wildman–Crippen LogP) is 1.47. The molecule has 2 rings (SSSR count). The molecule has 0 bridgehead atoms. The first-order chi connectivity index (χ1) is 8.69. The van der Waals surface area contributed by atoms with Crippen LogP contribution in [0, 0.1) is 6.92 Å². The van der Waals surface area contributed by atoms with Crippen LogP contribution in [0.3, 0.4) is 0 Å². The fourth-order valence-corrected chi connectivity index (χ4v) is 3.11. The Bertz CT molecular complexity index is 368. The molecule has 2 unspecified atom stereocenters. The number of hydrogen-bond acceptors (Lipinski definition) is 5. The molecule has 1 aromatic heterocycles. The van der Waals surface area contributed by atoms with Gasteiger partial charge in [-0.25, -0.2) is 4.98 Å². The second-order valence-corrected chi connectivity index (χ2v) is 5.81. The summed E-state index contributed by atoms with van der Waals surface area (Å²) in [7, 11) is 0. The Hall–Kier alpha value is -0.490. The third-order valence-corrected chi connectivity index (χ3v) is 4.19. The highest BCUT2D eigenvalue weighted by molar-refractivity contribution is 7.09. The molecule has 0 radical (unpaired) electrons. The van der Waals surface area contributed by atoms with Crippen LogP contribution < -0.4 is 0 Å². The number of hydrogen-bond donors (Lipinski definition) is 1. The number of rotatable bonds is 5. The highest BCUT2D eigenvalue weighted by Gasteiger charge is 2.27. The Morgan fingerprint density at radius 3 is 3.17 bits per heavy atom. The highest BCUT2D eigenvalue weighted by atomic mass is 32.1. The number of aromatic nitrogens is 1. The van der Waals surface area contributed by atoms with Gasteiger partial charge < -0.3 is 9.84 Å². The van der Waals surface area contributed by atoms with E-state index in [1.54, 1.807) is 11.3 Å². The molecular formula is C13H22N2O2S. The summed E-state index contributed by atoms with van der Waals surface area (Å²) < 4.78 is 5.68. The SMILES string of the molecule is CCCN1CCOC(C(O)Cc2nc(C)cs2)C1. The van der Waals surface area contributed by atoms with Crippen molar-refractivity contribution in [2.24, 2.45) is 0 Å². The first-order valence-electron chi connectivity index (χ1n) is 6.62. The van der Waals surface area contributed by atoms with Crippen molar-refractivity contribution in [3.63, 3.8) is 0 Å².